The van der Waals surface area contributed by atoms with Gasteiger partial charge in [0.2, 0.25) is 0 Å². The fraction of sp³-hybridized carbons (Fsp3) is 0.200. The smallest absolute Gasteiger partial charge is 0.0627 e. The molecule has 2 heteroatoms. The normalized spacial score (nSPS) is 21.8. The van der Waals surface area contributed by atoms with Gasteiger partial charge in [0.1, 0.15) is 0 Å². The van der Waals surface area contributed by atoms with Crippen molar-refractivity contribution >= 4 is 23.2 Å². The minimum absolute atomic E-state index is 0.694. The van der Waals surface area contributed by atoms with Gasteiger partial charge < -0.3 is 0 Å². The maximum atomic E-state index is 6.02. The summed E-state index contributed by atoms with van der Waals surface area (Å²) >= 11 is 11.9. The summed E-state index contributed by atoms with van der Waals surface area (Å²) in [6.45, 7) is 0. The van der Waals surface area contributed by atoms with E-state index in [1.54, 1.807) is 0 Å². The monoisotopic (exact) mass is 198 g/mol. The summed E-state index contributed by atoms with van der Waals surface area (Å²) in [5.41, 5.74) is 2.48. The van der Waals surface area contributed by atoms with Gasteiger partial charge in [-0.25, -0.2) is 0 Å². The van der Waals surface area contributed by atoms with E-state index >= 15 is 0 Å². The molecule has 0 saturated carbocycles. The molecule has 0 fully saturated rings. The van der Waals surface area contributed by atoms with Crippen LogP contribution in [0.4, 0.5) is 0 Å². The lowest BCUT2D eigenvalue weighted by molar-refractivity contribution is 1.18. The minimum Gasteiger partial charge on any atom is -0.0830 e. The molecule has 0 N–H and O–H groups in total. The Kier molecular flexibility index (Phi) is 2.12. The SMILES string of the molecule is ClC1=CCC(C2=CC=CC2)=C1Cl. The Morgan fingerprint density at radius 2 is 2.00 bits per heavy atom. The van der Waals surface area contributed by atoms with E-state index in [-0.39, 0.29) is 0 Å². The number of halogens is 2. The maximum Gasteiger partial charge on any atom is 0.0627 e. The van der Waals surface area contributed by atoms with E-state index in [1.165, 1.54) is 11.1 Å². The molecule has 0 unspecified atom stereocenters. The molecule has 0 aromatic heterocycles. The summed E-state index contributed by atoms with van der Waals surface area (Å²) in [4.78, 5) is 0. The molecule has 2 aliphatic carbocycles. The molecule has 2 aliphatic rings. The van der Waals surface area contributed by atoms with E-state index < -0.39 is 0 Å². The molecule has 62 valence electrons. The summed E-state index contributed by atoms with van der Waals surface area (Å²) in [5.74, 6) is 0. The molecule has 2 rings (SSSR count). The largest absolute Gasteiger partial charge is 0.0830 e. The average molecular weight is 199 g/mol. The van der Waals surface area contributed by atoms with Gasteiger partial charge >= 0.3 is 0 Å². The second-order valence-electron chi connectivity index (χ2n) is 2.87. The van der Waals surface area contributed by atoms with E-state index in [1.807, 2.05) is 6.08 Å². The first-order valence-corrected chi connectivity index (χ1v) is 4.65. The molecule has 0 nitrogen and oxygen atoms in total. The highest BCUT2D eigenvalue weighted by Gasteiger charge is 2.17. The zero-order chi connectivity index (χ0) is 8.55. The standard InChI is InChI=1S/C10H8Cl2/c11-9-6-5-8(10(9)12)7-3-1-2-4-7/h1-3,6H,4-5H2. The Morgan fingerprint density at radius 1 is 1.17 bits per heavy atom. The van der Waals surface area contributed by atoms with Crippen molar-refractivity contribution < 1.29 is 0 Å². The number of hydrogen-bond acceptors (Lipinski definition) is 0. The van der Waals surface area contributed by atoms with Gasteiger partial charge in [0.15, 0.2) is 0 Å². The molecule has 0 bridgehead atoms. The van der Waals surface area contributed by atoms with Crippen LogP contribution in [-0.4, -0.2) is 0 Å². The van der Waals surface area contributed by atoms with Crippen molar-refractivity contribution in [3.8, 4) is 0 Å². The summed E-state index contributed by atoms with van der Waals surface area (Å²) in [6.07, 6.45) is 10.1. The topological polar surface area (TPSA) is 0 Å². The lowest BCUT2D eigenvalue weighted by Gasteiger charge is -2.02. The summed E-state index contributed by atoms with van der Waals surface area (Å²) in [6, 6.07) is 0. The van der Waals surface area contributed by atoms with Gasteiger partial charge in [0.25, 0.3) is 0 Å². The molecule has 0 atom stereocenters. The summed E-state index contributed by atoms with van der Waals surface area (Å²) < 4.78 is 0. The zero-order valence-corrected chi connectivity index (χ0v) is 7.99. The van der Waals surface area contributed by atoms with Crippen LogP contribution < -0.4 is 0 Å². The predicted molar refractivity (Wildman–Crippen MR) is 53.3 cm³/mol. The first kappa shape index (κ1) is 8.15. The van der Waals surface area contributed by atoms with E-state index in [0.29, 0.717) is 5.03 Å². The van der Waals surface area contributed by atoms with Crippen molar-refractivity contribution in [2.24, 2.45) is 0 Å². The van der Waals surface area contributed by atoms with Crippen molar-refractivity contribution in [2.75, 3.05) is 0 Å². The quantitative estimate of drug-likeness (QED) is 0.600. The van der Waals surface area contributed by atoms with Crippen LogP contribution in [0, 0.1) is 0 Å². The van der Waals surface area contributed by atoms with Crippen molar-refractivity contribution in [1.82, 2.24) is 0 Å². The van der Waals surface area contributed by atoms with Crippen molar-refractivity contribution in [2.45, 2.75) is 12.8 Å². The summed E-state index contributed by atoms with van der Waals surface area (Å²) in [5, 5.41) is 1.42. The first-order valence-electron chi connectivity index (χ1n) is 3.90. The number of allylic oxidation sites excluding steroid dienone is 8. The lowest BCUT2D eigenvalue weighted by Crippen LogP contribution is -1.84. The minimum atomic E-state index is 0.694. The lowest BCUT2D eigenvalue weighted by atomic mass is 10.1. The molecule has 0 spiro atoms. The van der Waals surface area contributed by atoms with Crippen molar-refractivity contribution in [3.05, 3.63) is 45.5 Å². The molecule has 0 saturated heterocycles. The van der Waals surface area contributed by atoms with Crippen LogP contribution in [-0.2, 0) is 0 Å². The highest BCUT2D eigenvalue weighted by atomic mass is 35.5. The second kappa shape index (κ2) is 3.12. The molecule has 0 aromatic carbocycles. The Hall–Kier alpha value is -0.460. The Labute approximate surface area is 81.9 Å². The van der Waals surface area contributed by atoms with Crippen LogP contribution in [0.3, 0.4) is 0 Å². The van der Waals surface area contributed by atoms with Gasteiger partial charge in [0, 0.05) is 0 Å². The fourth-order valence-corrected chi connectivity index (χ4v) is 1.93. The number of rotatable bonds is 1. The van der Waals surface area contributed by atoms with E-state index in [2.05, 4.69) is 18.2 Å². The number of hydrogen-bond donors (Lipinski definition) is 0. The Balaban J connectivity index is 2.28. The first-order chi connectivity index (χ1) is 5.79. The van der Waals surface area contributed by atoms with Crippen molar-refractivity contribution in [3.63, 3.8) is 0 Å². The maximum absolute atomic E-state index is 6.02. The van der Waals surface area contributed by atoms with Gasteiger partial charge in [0.05, 0.1) is 10.1 Å². The highest BCUT2D eigenvalue weighted by Crippen LogP contribution is 2.37. The molecular weight excluding hydrogens is 191 g/mol. The molecule has 0 amide bonds. The zero-order valence-electron chi connectivity index (χ0n) is 6.48. The molecule has 0 radical (unpaired) electrons. The molecule has 12 heavy (non-hydrogen) atoms. The van der Waals surface area contributed by atoms with E-state index in [4.69, 9.17) is 23.2 Å². The molecule has 0 aliphatic heterocycles. The van der Waals surface area contributed by atoms with E-state index in [0.717, 1.165) is 17.9 Å². The average Bonchev–Trinajstić information content (AvgIpc) is 2.64. The van der Waals surface area contributed by atoms with Gasteiger partial charge in [-0.3, -0.25) is 0 Å². The van der Waals surface area contributed by atoms with Crippen molar-refractivity contribution in [1.29, 1.82) is 0 Å². The third kappa shape index (κ3) is 1.26. The molecule has 0 heterocycles. The Bertz CT molecular complexity index is 330. The third-order valence-corrected chi connectivity index (χ3v) is 2.99. The summed E-state index contributed by atoms with van der Waals surface area (Å²) in [7, 11) is 0. The van der Waals surface area contributed by atoms with E-state index in [9.17, 15) is 0 Å². The van der Waals surface area contributed by atoms with Gasteiger partial charge in [-0.15, -0.1) is 0 Å². The Morgan fingerprint density at radius 3 is 2.50 bits per heavy atom. The van der Waals surface area contributed by atoms with Crippen LogP contribution in [0.25, 0.3) is 0 Å². The van der Waals surface area contributed by atoms with Crippen LogP contribution >= 0.6 is 23.2 Å². The van der Waals surface area contributed by atoms with Gasteiger partial charge in [-0.2, -0.15) is 0 Å². The van der Waals surface area contributed by atoms with Crippen LogP contribution in [0.15, 0.2) is 45.5 Å². The van der Waals surface area contributed by atoms with Crippen LogP contribution in [0.2, 0.25) is 0 Å². The highest BCUT2D eigenvalue weighted by molar-refractivity contribution is 6.44. The van der Waals surface area contributed by atoms with Gasteiger partial charge in [-0.05, 0) is 24.0 Å². The fourth-order valence-electron chi connectivity index (χ4n) is 1.46. The van der Waals surface area contributed by atoms with Crippen LogP contribution in [0.1, 0.15) is 12.8 Å². The van der Waals surface area contributed by atoms with Crippen LogP contribution in [0.5, 0.6) is 0 Å². The third-order valence-electron chi connectivity index (χ3n) is 2.12. The second-order valence-corrected chi connectivity index (χ2v) is 3.66. The predicted octanol–water partition coefficient (Wildman–Crippen LogP) is 3.89. The van der Waals surface area contributed by atoms with Gasteiger partial charge in [-0.1, -0.05) is 47.5 Å². The molecule has 0 aromatic rings. The molecular formula is C10H8Cl2.